The van der Waals surface area contributed by atoms with E-state index in [-0.39, 0.29) is 17.1 Å². The summed E-state index contributed by atoms with van der Waals surface area (Å²) in [5, 5.41) is 3.70. The van der Waals surface area contributed by atoms with E-state index in [2.05, 4.69) is 36.1 Å². The molecule has 0 fully saturated rings. The molecule has 3 rings (SSSR count). The molecular weight excluding hydrogens is 317 g/mol. The van der Waals surface area contributed by atoms with Crippen LogP contribution in [0.2, 0.25) is 0 Å². The van der Waals surface area contributed by atoms with Gasteiger partial charge in [-0.25, -0.2) is 9.37 Å². The number of fused-ring (bicyclic) bond motifs is 1. The first-order chi connectivity index (χ1) is 11.8. The maximum atomic E-state index is 13.6. The fourth-order valence-corrected chi connectivity index (χ4v) is 2.47. The Hall–Kier alpha value is -2.82. The maximum absolute atomic E-state index is 13.6. The lowest BCUT2D eigenvalue weighted by Gasteiger charge is -2.18. The first-order valence-corrected chi connectivity index (χ1v) is 8.12. The minimum absolute atomic E-state index is 0.0108. The van der Waals surface area contributed by atoms with Gasteiger partial charge in [0.15, 0.2) is 0 Å². The van der Waals surface area contributed by atoms with E-state index < -0.39 is 0 Å². The molecule has 0 spiro atoms. The van der Waals surface area contributed by atoms with Gasteiger partial charge in [0.25, 0.3) is 5.91 Å². The lowest BCUT2D eigenvalue weighted by atomic mass is 9.97. The monoisotopic (exact) mass is 337 g/mol. The third kappa shape index (κ3) is 3.99. The van der Waals surface area contributed by atoms with E-state index in [1.807, 2.05) is 6.07 Å². The highest BCUT2D eigenvalue weighted by Crippen LogP contribution is 2.27. The average Bonchev–Trinajstić information content (AvgIpc) is 2.58. The van der Waals surface area contributed by atoms with E-state index in [1.54, 1.807) is 30.6 Å². The number of amides is 1. The number of benzene rings is 1. The average molecular weight is 337 g/mol. The molecule has 0 saturated heterocycles. The van der Waals surface area contributed by atoms with Crippen LogP contribution in [0.5, 0.6) is 0 Å². The summed E-state index contributed by atoms with van der Waals surface area (Å²) in [4.78, 5) is 21.1. The SMILES string of the molecule is CC(C)(C)CNC(=O)c1ccc2cncc(-c3cccc(F)c3)c2n1. The van der Waals surface area contributed by atoms with E-state index in [4.69, 9.17) is 0 Å². The van der Waals surface area contributed by atoms with Crippen LogP contribution < -0.4 is 5.32 Å². The third-order valence-corrected chi connectivity index (χ3v) is 3.75. The fourth-order valence-electron chi connectivity index (χ4n) is 2.47. The molecule has 128 valence electrons. The van der Waals surface area contributed by atoms with Crippen LogP contribution in [0.15, 0.2) is 48.8 Å². The summed E-state index contributed by atoms with van der Waals surface area (Å²) in [5.74, 6) is -0.549. The molecule has 0 unspecified atom stereocenters. The second-order valence-electron chi connectivity index (χ2n) is 7.21. The number of rotatable bonds is 3. The van der Waals surface area contributed by atoms with E-state index >= 15 is 0 Å². The highest BCUT2D eigenvalue weighted by atomic mass is 19.1. The van der Waals surface area contributed by atoms with E-state index in [1.165, 1.54) is 12.1 Å². The van der Waals surface area contributed by atoms with Gasteiger partial charge in [0.05, 0.1) is 5.52 Å². The van der Waals surface area contributed by atoms with Gasteiger partial charge in [-0.05, 0) is 35.2 Å². The largest absolute Gasteiger partial charge is 0.350 e. The summed E-state index contributed by atoms with van der Waals surface area (Å²) in [6.45, 7) is 6.71. The first-order valence-electron chi connectivity index (χ1n) is 8.12. The second kappa shape index (κ2) is 6.59. The minimum atomic E-state index is -0.325. The van der Waals surface area contributed by atoms with Crippen molar-refractivity contribution in [3.8, 4) is 11.1 Å². The second-order valence-corrected chi connectivity index (χ2v) is 7.21. The Morgan fingerprint density at radius 1 is 1.16 bits per heavy atom. The van der Waals surface area contributed by atoms with Crippen molar-refractivity contribution in [2.45, 2.75) is 20.8 Å². The standard InChI is InChI=1S/C20H20FN3O/c1-20(2,3)12-23-19(25)17-8-7-14-10-22-11-16(18(14)24-17)13-5-4-6-15(21)9-13/h4-11H,12H2,1-3H3,(H,23,25). The van der Waals surface area contributed by atoms with Gasteiger partial charge in [-0.1, -0.05) is 32.9 Å². The molecule has 0 atom stereocenters. The van der Waals surface area contributed by atoms with E-state index in [0.717, 1.165) is 5.39 Å². The zero-order valence-corrected chi connectivity index (χ0v) is 14.5. The molecule has 0 aliphatic heterocycles. The van der Waals surface area contributed by atoms with Gasteiger partial charge in [-0.3, -0.25) is 9.78 Å². The summed E-state index contributed by atoms with van der Waals surface area (Å²) >= 11 is 0. The lowest BCUT2D eigenvalue weighted by molar-refractivity contribution is 0.0934. The van der Waals surface area contributed by atoms with Crippen molar-refractivity contribution in [3.63, 3.8) is 0 Å². The zero-order valence-electron chi connectivity index (χ0n) is 14.5. The Morgan fingerprint density at radius 2 is 1.96 bits per heavy atom. The lowest BCUT2D eigenvalue weighted by Crippen LogP contribution is -2.32. The number of aromatic nitrogens is 2. The summed E-state index contributed by atoms with van der Waals surface area (Å²) in [5.41, 5.74) is 2.33. The van der Waals surface area contributed by atoms with Crippen molar-refractivity contribution < 1.29 is 9.18 Å². The quantitative estimate of drug-likeness (QED) is 0.779. The van der Waals surface area contributed by atoms with Gasteiger partial charge in [0.1, 0.15) is 11.5 Å². The number of pyridine rings is 2. The molecule has 1 aromatic carbocycles. The molecule has 5 heteroatoms. The van der Waals surface area contributed by atoms with Crippen LogP contribution in [0.3, 0.4) is 0 Å². The minimum Gasteiger partial charge on any atom is -0.350 e. The number of nitrogens with zero attached hydrogens (tertiary/aromatic N) is 2. The Labute approximate surface area is 146 Å². The third-order valence-electron chi connectivity index (χ3n) is 3.75. The molecule has 0 radical (unpaired) electrons. The number of hydrogen-bond donors (Lipinski definition) is 1. The Kier molecular flexibility index (Phi) is 4.49. The van der Waals surface area contributed by atoms with Gasteiger partial charge in [-0.2, -0.15) is 0 Å². The summed E-state index contributed by atoms with van der Waals surface area (Å²) in [6, 6.07) is 9.75. The normalized spacial score (nSPS) is 11.5. The summed E-state index contributed by atoms with van der Waals surface area (Å²) in [7, 11) is 0. The number of nitrogens with one attached hydrogen (secondary N) is 1. The summed E-state index contributed by atoms with van der Waals surface area (Å²) in [6.07, 6.45) is 3.32. The van der Waals surface area contributed by atoms with Gasteiger partial charge in [-0.15, -0.1) is 0 Å². The highest BCUT2D eigenvalue weighted by molar-refractivity contribution is 5.98. The molecule has 0 aliphatic carbocycles. The first kappa shape index (κ1) is 17.0. The van der Waals surface area contributed by atoms with Crippen molar-refractivity contribution in [2.24, 2.45) is 5.41 Å². The molecule has 3 aromatic rings. The van der Waals surface area contributed by atoms with Gasteiger partial charge in [0.2, 0.25) is 0 Å². The molecular formula is C20H20FN3O. The number of hydrogen-bond acceptors (Lipinski definition) is 3. The molecule has 0 aliphatic rings. The van der Waals surface area contributed by atoms with Crippen molar-refractivity contribution in [1.82, 2.24) is 15.3 Å². The highest BCUT2D eigenvalue weighted by Gasteiger charge is 2.15. The van der Waals surface area contributed by atoms with E-state index in [0.29, 0.717) is 28.9 Å². The molecule has 0 saturated carbocycles. The topological polar surface area (TPSA) is 54.9 Å². The van der Waals surface area contributed by atoms with Crippen molar-refractivity contribution in [3.05, 3.63) is 60.3 Å². The van der Waals surface area contributed by atoms with Crippen LogP contribution in [0.1, 0.15) is 31.3 Å². The predicted octanol–water partition coefficient (Wildman–Crippen LogP) is 4.21. The van der Waals surface area contributed by atoms with Gasteiger partial charge >= 0.3 is 0 Å². The number of halogens is 1. The molecule has 1 N–H and O–H groups in total. The Morgan fingerprint density at radius 3 is 2.68 bits per heavy atom. The van der Waals surface area contributed by atoms with Crippen molar-refractivity contribution in [1.29, 1.82) is 0 Å². The molecule has 0 bridgehead atoms. The molecule has 25 heavy (non-hydrogen) atoms. The fraction of sp³-hybridized carbons (Fsp3) is 0.250. The Bertz CT molecular complexity index is 932. The van der Waals surface area contributed by atoms with Crippen LogP contribution in [-0.4, -0.2) is 22.4 Å². The molecule has 4 nitrogen and oxygen atoms in total. The smallest absolute Gasteiger partial charge is 0.269 e. The molecule has 1 amide bonds. The number of carbonyl (C=O) groups excluding carboxylic acids is 1. The summed E-state index contributed by atoms with van der Waals surface area (Å²) < 4.78 is 13.6. The van der Waals surface area contributed by atoms with Gasteiger partial charge < -0.3 is 5.32 Å². The molecule has 2 heterocycles. The van der Waals surface area contributed by atoms with Crippen molar-refractivity contribution in [2.75, 3.05) is 6.54 Å². The maximum Gasteiger partial charge on any atom is 0.269 e. The zero-order chi connectivity index (χ0) is 18.0. The van der Waals surface area contributed by atoms with Crippen LogP contribution in [0.4, 0.5) is 4.39 Å². The predicted molar refractivity (Wildman–Crippen MR) is 96.7 cm³/mol. The van der Waals surface area contributed by atoms with Crippen LogP contribution in [0.25, 0.3) is 22.0 Å². The van der Waals surface area contributed by atoms with Crippen LogP contribution in [-0.2, 0) is 0 Å². The number of carbonyl (C=O) groups is 1. The Balaban J connectivity index is 2.02. The van der Waals surface area contributed by atoms with Crippen LogP contribution in [0, 0.1) is 11.2 Å². The van der Waals surface area contributed by atoms with Gasteiger partial charge in [0, 0.05) is 29.9 Å². The molecule has 2 aromatic heterocycles. The van der Waals surface area contributed by atoms with Crippen LogP contribution >= 0.6 is 0 Å². The van der Waals surface area contributed by atoms with Crippen molar-refractivity contribution >= 4 is 16.8 Å². The van der Waals surface area contributed by atoms with E-state index in [9.17, 15) is 9.18 Å².